The molecule has 0 aliphatic heterocycles. The first-order valence-corrected chi connectivity index (χ1v) is 5.57. The molecule has 1 heterocycles. The van der Waals surface area contributed by atoms with Gasteiger partial charge in [0, 0.05) is 24.3 Å². The maximum atomic E-state index is 5.49. The van der Waals surface area contributed by atoms with Crippen molar-refractivity contribution in [3.05, 3.63) is 23.9 Å². The maximum Gasteiger partial charge on any atom is 0.125 e. The lowest BCUT2D eigenvalue weighted by Crippen LogP contribution is -2.31. The summed E-state index contributed by atoms with van der Waals surface area (Å²) in [7, 11) is 4.10. The van der Waals surface area contributed by atoms with E-state index in [0.717, 1.165) is 17.9 Å². The molecule has 0 saturated heterocycles. The molecule has 88 valence electrons. The monoisotopic (exact) mass is 238 g/mol. The first-order valence-electron chi connectivity index (χ1n) is 5.17. The number of pyridine rings is 1. The number of likely N-dealkylation sites (N-methyl/N-ethyl adjacent to an activating group) is 1. The second kappa shape index (κ2) is 5.77. The van der Waals surface area contributed by atoms with Crippen molar-refractivity contribution in [2.45, 2.75) is 13.0 Å². The Morgan fingerprint density at radius 2 is 2.25 bits per heavy atom. The van der Waals surface area contributed by atoms with Crippen LogP contribution >= 0.6 is 12.2 Å². The van der Waals surface area contributed by atoms with Crippen LogP contribution in [-0.4, -0.2) is 41.6 Å². The second-order valence-electron chi connectivity index (χ2n) is 3.99. The van der Waals surface area contributed by atoms with Crippen molar-refractivity contribution in [2.75, 3.05) is 26.0 Å². The van der Waals surface area contributed by atoms with Crippen molar-refractivity contribution in [1.82, 2.24) is 9.88 Å². The summed E-state index contributed by atoms with van der Waals surface area (Å²) in [5.74, 6) is 0.841. The quantitative estimate of drug-likeness (QED) is 0.752. The zero-order valence-electron chi connectivity index (χ0n) is 9.90. The number of thiocarbonyl (C=S) groups is 1. The standard InChI is InChI=1S/C11H18N4S/c1-8(15(2)3)6-13-10-5-4-9(7-14-10)11(12)16/h4-5,7-8H,6H2,1-3H3,(H2,12,16)(H,13,14). The van der Waals surface area contributed by atoms with Gasteiger partial charge in [0.15, 0.2) is 0 Å². The minimum Gasteiger partial charge on any atom is -0.389 e. The van der Waals surface area contributed by atoms with E-state index in [2.05, 4.69) is 36.2 Å². The Labute approximate surface area is 102 Å². The minimum absolute atomic E-state index is 0.376. The summed E-state index contributed by atoms with van der Waals surface area (Å²) in [6.07, 6.45) is 1.69. The number of nitrogens with one attached hydrogen (secondary N) is 1. The molecule has 0 spiro atoms. The highest BCUT2D eigenvalue weighted by atomic mass is 32.1. The van der Waals surface area contributed by atoms with Gasteiger partial charge in [0.05, 0.1) is 0 Å². The Hall–Kier alpha value is -1.20. The zero-order valence-corrected chi connectivity index (χ0v) is 10.7. The Morgan fingerprint density at radius 1 is 1.56 bits per heavy atom. The lowest BCUT2D eigenvalue weighted by Gasteiger charge is -2.20. The minimum atomic E-state index is 0.376. The van der Waals surface area contributed by atoms with E-state index in [9.17, 15) is 0 Å². The first-order chi connectivity index (χ1) is 7.50. The summed E-state index contributed by atoms with van der Waals surface area (Å²) >= 11 is 4.86. The van der Waals surface area contributed by atoms with Gasteiger partial charge in [-0.05, 0) is 33.2 Å². The van der Waals surface area contributed by atoms with E-state index in [-0.39, 0.29) is 0 Å². The molecular formula is C11H18N4S. The zero-order chi connectivity index (χ0) is 12.1. The molecule has 0 fully saturated rings. The molecule has 5 heteroatoms. The molecule has 1 aromatic rings. The van der Waals surface area contributed by atoms with Crippen LogP contribution < -0.4 is 11.1 Å². The number of nitrogens with two attached hydrogens (primary N) is 1. The fourth-order valence-electron chi connectivity index (χ4n) is 1.08. The second-order valence-corrected chi connectivity index (χ2v) is 4.43. The van der Waals surface area contributed by atoms with Gasteiger partial charge < -0.3 is 16.0 Å². The summed E-state index contributed by atoms with van der Waals surface area (Å²) in [4.78, 5) is 6.76. The number of anilines is 1. The number of aromatic nitrogens is 1. The average molecular weight is 238 g/mol. The average Bonchev–Trinajstić information content (AvgIpc) is 2.26. The van der Waals surface area contributed by atoms with Gasteiger partial charge in [-0.2, -0.15) is 0 Å². The van der Waals surface area contributed by atoms with Crippen LogP contribution in [0.15, 0.2) is 18.3 Å². The van der Waals surface area contributed by atoms with Crippen molar-refractivity contribution in [2.24, 2.45) is 5.73 Å². The molecule has 0 radical (unpaired) electrons. The fourth-order valence-corrected chi connectivity index (χ4v) is 1.20. The third kappa shape index (κ3) is 3.75. The molecule has 4 nitrogen and oxygen atoms in total. The highest BCUT2D eigenvalue weighted by Gasteiger charge is 2.04. The van der Waals surface area contributed by atoms with Gasteiger partial charge in [0.1, 0.15) is 10.8 Å². The van der Waals surface area contributed by atoms with Crippen LogP contribution in [0.25, 0.3) is 0 Å². The van der Waals surface area contributed by atoms with Crippen LogP contribution in [-0.2, 0) is 0 Å². The first kappa shape index (κ1) is 12.9. The number of nitrogens with zero attached hydrogens (tertiary/aromatic N) is 2. The van der Waals surface area contributed by atoms with Gasteiger partial charge in [-0.1, -0.05) is 12.2 Å². The Kier molecular flexibility index (Phi) is 4.64. The number of hydrogen-bond acceptors (Lipinski definition) is 4. The van der Waals surface area contributed by atoms with Gasteiger partial charge >= 0.3 is 0 Å². The van der Waals surface area contributed by atoms with Crippen LogP contribution in [0.1, 0.15) is 12.5 Å². The lowest BCUT2D eigenvalue weighted by molar-refractivity contribution is 0.326. The third-order valence-corrected chi connectivity index (χ3v) is 2.74. The van der Waals surface area contributed by atoms with E-state index >= 15 is 0 Å². The van der Waals surface area contributed by atoms with E-state index in [4.69, 9.17) is 18.0 Å². The van der Waals surface area contributed by atoms with Gasteiger partial charge in [0.25, 0.3) is 0 Å². The van der Waals surface area contributed by atoms with Crippen molar-refractivity contribution in [3.63, 3.8) is 0 Å². The van der Waals surface area contributed by atoms with E-state index < -0.39 is 0 Å². The molecule has 0 saturated carbocycles. The highest BCUT2D eigenvalue weighted by molar-refractivity contribution is 7.80. The van der Waals surface area contributed by atoms with Crippen LogP contribution in [0.4, 0.5) is 5.82 Å². The smallest absolute Gasteiger partial charge is 0.125 e. The van der Waals surface area contributed by atoms with E-state index in [1.165, 1.54) is 0 Å². The predicted molar refractivity (Wildman–Crippen MR) is 71.8 cm³/mol. The van der Waals surface area contributed by atoms with E-state index in [1.807, 2.05) is 12.1 Å². The van der Waals surface area contributed by atoms with Crippen LogP contribution in [0, 0.1) is 0 Å². The third-order valence-electron chi connectivity index (χ3n) is 2.51. The molecule has 0 aliphatic rings. The van der Waals surface area contributed by atoms with Gasteiger partial charge in [-0.3, -0.25) is 0 Å². The molecule has 0 aromatic carbocycles. The summed E-state index contributed by atoms with van der Waals surface area (Å²) in [5, 5.41) is 3.26. The fraction of sp³-hybridized carbons (Fsp3) is 0.455. The molecule has 1 unspecified atom stereocenters. The lowest BCUT2D eigenvalue weighted by atomic mass is 10.3. The summed E-state index contributed by atoms with van der Waals surface area (Å²) in [6.45, 7) is 3.00. The predicted octanol–water partition coefficient (Wildman–Crippen LogP) is 1.08. The topological polar surface area (TPSA) is 54.2 Å². The molecule has 0 bridgehead atoms. The Bertz CT molecular complexity index is 348. The largest absolute Gasteiger partial charge is 0.389 e. The SMILES string of the molecule is CC(CNc1ccc(C(N)=S)cn1)N(C)C. The van der Waals surface area contributed by atoms with E-state index in [1.54, 1.807) is 6.20 Å². The van der Waals surface area contributed by atoms with Crippen molar-refractivity contribution >= 4 is 23.0 Å². The summed E-state index contributed by atoms with van der Waals surface area (Å²) in [6, 6.07) is 4.21. The molecule has 1 atom stereocenters. The van der Waals surface area contributed by atoms with Crippen molar-refractivity contribution in [3.8, 4) is 0 Å². The molecule has 16 heavy (non-hydrogen) atoms. The molecule has 1 rings (SSSR count). The Morgan fingerprint density at radius 3 is 2.69 bits per heavy atom. The van der Waals surface area contributed by atoms with Gasteiger partial charge in [-0.25, -0.2) is 4.98 Å². The number of hydrogen-bond donors (Lipinski definition) is 2. The van der Waals surface area contributed by atoms with Crippen LogP contribution in [0.5, 0.6) is 0 Å². The van der Waals surface area contributed by atoms with Crippen molar-refractivity contribution < 1.29 is 0 Å². The molecule has 1 aromatic heterocycles. The summed E-state index contributed by atoms with van der Waals surface area (Å²) < 4.78 is 0. The Balaban J connectivity index is 2.53. The normalized spacial score (nSPS) is 12.5. The molecule has 0 amide bonds. The summed E-state index contributed by atoms with van der Waals surface area (Å²) in [5.41, 5.74) is 6.28. The van der Waals surface area contributed by atoms with Crippen LogP contribution in [0.2, 0.25) is 0 Å². The highest BCUT2D eigenvalue weighted by Crippen LogP contribution is 2.05. The van der Waals surface area contributed by atoms with Crippen LogP contribution in [0.3, 0.4) is 0 Å². The van der Waals surface area contributed by atoms with Crippen molar-refractivity contribution in [1.29, 1.82) is 0 Å². The molecular weight excluding hydrogens is 220 g/mol. The number of rotatable bonds is 5. The maximum absolute atomic E-state index is 5.49. The van der Waals surface area contributed by atoms with E-state index in [0.29, 0.717) is 11.0 Å². The molecule has 0 aliphatic carbocycles. The van der Waals surface area contributed by atoms with Gasteiger partial charge in [0.2, 0.25) is 0 Å². The molecule has 3 N–H and O–H groups in total. The van der Waals surface area contributed by atoms with Gasteiger partial charge in [-0.15, -0.1) is 0 Å².